The first-order chi connectivity index (χ1) is 6.88. The molecule has 0 radical (unpaired) electrons. The van der Waals surface area contributed by atoms with Crippen molar-refractivity contribution in [2.45, 2.75) is 19.4 Å². The maximum absolute atomic E-state index is 11.4. The van der Waals surface area contributed by atoms with Crippen LogP contribution >= 0.6 is 0 Å². The Morgan fingerprint density at radius 3 is 2.27 bits per heavy atom. The molecular formula is C9H20N4O2. The summed E-state index contributed by atoms with van der Waals surface area (Å²) in [5.41, 5.74) is 2.07. The number of rotatable bonds is 5. The lowest BCUT2D eigenvalue weighted by atomic mass is 10.2. The topological polar surface area (TPSA) is 78.7 Å². The molecule has 15 heavy (non-hydrogen) atoms. The van der Waals surface area contributed by atoms with Gasteiger partial charge in [-0.25, -0.2) is 5.84 Å². The summed E-state index contributed by atoms with van der Waals surface area (Å²) in [5.74, 6) is 4.76. The fourth-order valence-corrected chi connectivity index (χ4v) is 0.994. The number of amides is 2. The summed E-state index contributed by atoms with van der Waals surface area (Å²) < 4.78 is 0. The van der Waals surface area contributed by atoms with Gasteiger partial charge in [0.15, 0.2) is 0 Å². The average molecular weight is 216 g/mol. The third kappa shape index (κ3) is 5.34. The highest BCUT2D eigenvalue weighted by molar-refractivity contribution is 5.78. The van der Waals surface area contributed by atoms with E-state index in [0.717, 1.165) is 0 Å². The van der Waals surface area contributed by atoms with E-state index in [-0.39, 0.29) is 24.3 Å². The Kier molecular flexibility index (Phi) is 5.88. The lowest BCUT2D eigenvalue weighted by Crippen LogP contribution is -2.42. The number of hydrazine groups is 1. The van der Waals surface area contributed by atoms with E-state index < -0.39 is 0 Å². The molecule has 0 spiro atoms. The first kappa shape index (κ1) is 13.9. The van der Waals surface area contributed by atoms with E-state index in [1.54, 1.807) is 21.1 Å². The van der Waals surface area contributed by atoms with E-state index >= 15 is 0 Å². The third-order valence-corrected chi connectivity index (χ3v) is 2.28. The number of hydrogen-bond acceptors (Lipinski definition) is 4. The summed E-state index contributed by atoms with van der Waals surface area (Å²) in [6.07, 6.45) is 0.285. The van der Waals surface area contributed by atoms with Gasteiger partial charge in [0.05, 0.1) is 6.54 Å². The van der Waals surface area contributed by atoms with Gasteiger partial charge in [-0.05, 0) is 14.0 Å². The van der Waals surface area contributed by atoms with Crippen LogP contribution in [0.15, 0.2) is 0 Å². The number of nitrogens with one attached hydrogen (secondary N) is 1. The second-order valence-electron chi connectivity index (χ2n) is 3.82. The maximum Gasteiger partial charge on any atom is 0.236 e. The first-order valence-corrected chi connectivity index (χ1v) is 4.78. The molecule has 6 heteroatoms. The molecule has 0 bridgehead atoms. The van der Waals surface area contributed by atoms with Crippen LogP contribution in [0.5, 0.6) is 0 Å². The van der Waals surface area contributed by atoms with Crippen molar-refractivity contribution >= 4 is 11.8 Å². The zero-order valence-electron chi connectivity index (χ0n) is 9.78. The maximum atomic E-state index is 11.4. The van der Waals surface area contributed by atoms with Gasteiger partial charge >= 0.3 is 0 Å². The average Bonchev–Trinajstić information content (AvgIpc) is 2.16. The number of nitrogens with two attached hydrogens (primary N) is 1. The number of likely N-dealkylation sites (N-methyl/N-ethyl adjacent to an activating group) is 2. The van der Waals surface area contributed by atoms with Gasteiger partial charge in [0.1, 0.15) is 0 Å². The van der Waals surface area contributed by atoms with Crippen LogP contribution in [0, 0.1) is 0 Å². The molecule has 0 aromatic carbocycles. The predicted molar refractivity (Wildman–Crippen MR) is 57.7 cm³/mol. The minimum Gasteiger partial charge on any atom is -0.348 e. The largest absolute Gasteiger partial charge is 0.348 e. The zero-order chi connectivity index (χ0) is 12.0. The van der Waals surface area contributed by atoms with Crippen molar-refractivity contribution in [3.63, 3.8) is 0 Å². The van der Waals surface area contributed by atoms with Gasteiger partial charge in [-0.15, -0.1) is 0 Å². The van der Waals surface area contributed by atoms with Crippen molar-refractivity contribution in [1.82, 2.24) is 15.2 Å². The lowest BCUT2D eigenvalue weighted by Gasteiger charge is -2.24. The van der Waals surface area contributed by atoms with E-state index in [4.69, 9.17) is 5.84 Å². The molecule has 0 aromatic rings. The molecule has 2 amide bonds. The van der Waals surface area contributed by atoms with Crippen LogP contribution in [0.1, 0.15) is 13.3 Å². The van der Waals surface area contributed by atoms with E-state index in [2.05, 4.69) is 5.43 Å². The second-order valence-corrected chi connectivity index (χ2v) is 3.82. The van der Waals surface area contributed by atoms with E-state index in [0.29, 0.717) is 6.54 Å². The molecule has 0 aromatic heterocycles. The summed E-state index contributed by atoms with van der Waals surface area (Å²) >= 11 is 0. The zero-order valence-corrected chi connectivity index (χ0v) is 9.78. The molecule has 0 heterocycles. The lowest BCUT2D eigenvalue weighted by molar-refractivity contribution is -0.131. The monoisotopic (exact) mass is 216 g/mol. The molecule has 0 aliphatic rings. The van der Waals surface area contributed by atoms with Crippen LogP contribution in [0.3, 0.4) is 0 Å². The number of carbonyl (C=O) groups excluding carboxylic acids is 2. The van der Waals surface area contributed by atoms with Crippen molar-refractivity contribution < 1.29 is 9.59 Å². The van der Waals surface area contributed by atoms with E-state index in [9.17, 15) is 9.59 Å². The Labute approximate surface area is 90.4 Å². The summed E-state index contributed by atoms with van der Waals surface area (Å²) in [7, 11) is 5.21. The molecule has 0 saturated heterocycles. The Morgan fingerprint density at radius 1 is 1.33 bits per heavy atom. The normalized spacial score (nSPS) is 12.4. The van der Waals surface area contributed by atoms with Crippen molar-refractivity contribution in [3.05, 3.63) is 0 Å². The summed E-state index contributed by atoms with van der Waals surface area (Å²) in [6, 6.07) is -0.0163. The van der Waals surface area contributed by atoms with Crippen molar-refractivity contribution in [3.8, 4) is 0 Å². The molecule has 88 valence electrons. The van der Waals surface area contributed by atoms with Crippen LogP contribution in [0.2, 0.25) is 0 Å². The minimum atomic E-state index is -0.230. The highest BCUT2D eigenvalue weighted by Crippen LogP contribution is 2.00. The van der Waals surface area contributed by atoms with E-state index in [1.807, 2.05) is 11.8 Å². The van der Waals surface area contributed by atoms with Gasteiger partial charge in [-0.3, -0.25) is 19.9 Å². The molecule has 0 saturated carbocycles. The van der Waals surface area contributed by atoms with Crippen LogP contribution in [0.25, 0.3) is 0 Å². The smallest absolute Gasteiger partial charge is 0.236 e. The van der Waals surface area contributed by atoms with Crippen LogP contribution < -0.4 is 11.3 Å². The van der Waals surface area contributed by atoms with E-state index in [1.165, 1.54) is 4.90 Å². The first-order valence-electron chi connectivity index (χ1n) is 4.78. The molecule has 0 fully saturated rings. The number of carbonyl (C=O) groups is 2. The molecule has 3 N–H and O–H groups in total. The van der Waals surface area contributed by atoms with Gasteiger partial charge in [-0.2, -0.15) is 0 Å². The highest BCUT2D eigenvalue weighted by atomic mass is 16.2. The standard InChI is InChI=1S/C9H20N4O2/c1-7(5-8(14)11-10)13(4)6-9(15)12(2)3/h7H,5-6,10H2,1-4H3,(H,11,14). The van der Waals surface area contributed by atoms with Crippen molar-refractivity contribution in [2.24, 2.45) is 5.84 Å². The van der Waals surface area contributed by atoms with Gasteiger partial charge in [-0.1, -0.05) is 0 Å². The van der Waals surface area contributed by atoms with Gasteiger partial charge in [0.25, 0.3) is 0 Å². The van der Waals surface area contributed by atoms with Crippen LogP contribution in [-0.2, 0) is 9.59 Å². The van der Waals surface area contributed by atoms with Crippen LogP contribution in [0.4, 0.5) is 0 Å². The Bertz CT molecular complexity index is 230. The fourth-order valence-electron chi connectivity index (χ4n) is 0.994. The van der Waals surface area contributed by atoms with Gasteiger partial charge in [0.2, 0.25) is 11.8 Å². The Hall–Kier alpha value is -1.14. The van der Waals surface area contributed by atoms with Crippen molar-refractivity contribution in [1.29, 1.82) is 0 Å². The SMILES string of the molecule is CC(CC(=O)NN)N(C)CC(=O)N(C)C. The van der Waals surface area contributed by atoms with Gasteiger partial charge < -0.3 is 4.90 Å². The quantitative estimate of drug-likeness (QED) is 0.343. The third-order valence-electron chi connectivity index (χ3n) is 2.28. The summed E-state index contributed by atoms with van der Waals surface area (Å²) in [4.78, 5) is 25.7. The number of nitrogens with zero attached hydrogens (tertiary/aromatic N) is 2. The van der Waals surface area contributed by atoms with Crippen molar-refractivity contribution in [2.75, 3.05) is 27.7 Å². The Balaban J connectivity index is 4.04. The molecule has 1 unspecified atom stereocenters. The molecule has 0 aliphatic carbocycles. The fraction of sp³-hybridized carbons (Fsp3) is 0.778. The predicted octanol–water partition coefficient (Wildman–Crippen LogP) is -1.23. The summed E-state index contributed by atoms with van der Waals surface area (Å²) in [6.45, 7) is 2.17. The van der Waals surface area contributed by atoms with Gasteiger partial charge in [0, 0.05) is 26.6 Å². The molecular weight excluding hydrogens is 196 g/mol. The van der Waals surface area contributed by atoms with Crippen LogP contribution in [-0.4, -0.2) is 55.3 Å². The molecule has 1 atom stereocenters. The summed E-state index contributed by atoms with van der Waals surface area (Å²) in [5, 5.41) is 0. The number of hydrogen-bond donors (Lipinski definition) is 2. The highest BCUT2D eigenvalue weighted by Gasteiger charge is 2.16. The molecule has 6 nitrogen and oxygen atoms in total. The minimum absolute atomic E-state index is 0.0116. The Morgan fingerprint density at radius 2 is 1.87 bits per heavy atom. The molecule has 0 rings (SSSR count). The molecule has 0 aliphatic heterocycles. The second kappa shape index (κ2) is 6.36.